The van der Waals surface area contributed by atoms with Crippen LogP contribution in [0.5, 0.6) is 11.5 Å². The van der Waals surface area contributed by atoms with Crippen LogP contribution < -0.4 is 9.47 Å². The summed E-state index contributed by atoms with van der Waals surface area (Å²) in [6.07, 6.45) is 0.669. The Hall–Kier alpha value is -3.27. The van der Waals surface area contributed by atoms with Crippen LogP contribution in [0.15, 0.2) is 54.6 Å². The smallest absolute Gasteiger partial charge is 0.308 e. The van der Waals surface area contributed by atoms with E-state index in [0.717, 1.165) is 33.3 Å². The second-order valence-electron chi connectivity index (χ2n) is 6.67. The van der Waals surface area contributed by atoms with E-state index in [1.165, 1.54) is 17.9 Å². The number of aromatic nitrogens is 1. The standard InChI is InChI=1S/C23H21NO3/c1-14-20(19-6-4-5-7-22(19)24-14)13-21-18-10-9-17(26-3)12-16(18)8-11-23(21)27-15(2)25/h4-12,24H,13H2,1-3H3. The van der Waals surface area contributed by atoms with Gasteiger partial charge < -0.3 is 14.5 Å². The molecule has 0 saturated carbocycles. The average Bonchev–Trinajstić information content (AvgIpc) is 2.98. The van der Waals surface area contributed by atoms with Gasteiger partial charge >= 0.3 is 5.97 Å². The molecule has 27 heavy (non-hydrogen) atoms. The number of fused-ring (bicyclic) bond motifs is 2. The number of para-hydroxylation sites is 1. The first-order valence-corrected chi connectivity index (χ1v) is 8.91. The number of rotatable bonds is 4. The summed E-state index contributed by atoms with van der Waals surface area (Å²) in [5, 5.41) is 3.30. The van der Waals surface area contributed by atoms with Crippen LogP contribution in [0.3, 0.4) is 0 Å². The first kappa shape index (κ1) is 17.2. The predicted octanol–water partition coefficient (Wildman–Crippen LogP) is 5.15. The molecule has 4 aromatic rings. The molecule has 1 N–H and O–H groups in total. The fraction of sp³-hybridized carbons (Fsp3) is 0.174. The first-order chi connectivity index (χ1) is 13.1. The highest BCUT2D eigenvalue weighted by Crippen LogP contribution is 2.35. The molecule has 0 unspecified atom stereocenters. The third-order valence-corrected chi connectivity index (χ3v) is 4.93. The number of hydrogen-bond donors (Lipinski definition) is 1. The van der Waals surface area contributed by atoms with Gasteiger partial charge in [-0.1, -0.05) is 30.3 Å². The van der Waals surface area contributed by atoms with Crippen LogP contribution in [-0.2, 0) is 11.2 Å². The normalized spacial score (nSPS) is 11.1. The van der Waals surface area contributed by atoms with E-state index in [2.05, 4.69) is 24.0 Å². The lowest BCUT2D eigenvalue weighted by Gasteiger charge is -2.14. The van der Waals surface area contributed by atoms with Gasteiger partial charge in [-0.25, -0.2) is 0 Å². The van der Waals surface area contributed by atoms with Crippen LogP contribution in [0, 0.1) is 6.92 Å². The zero-order chi connectivity index (χ0) is 19.0. The Morgan fingerprint density at radius 3 is 2.59 bits per heavy atom. The van der Waals surface area contributed by atoms with Gasteiger partial charge in [0.2, 0.25) is 0 Å². The van der Waals surface area contributed by atoms with E-state index in [-0.39, 0.29) is 5.97 Å². The minimum absolute atomic E-state index is 0.320. The van der Waals surface area contributed by atoms with E-state index in [4.69, 9.17) is 9.47 Å². The van der Waals surface area contributed by atoms with Crippen molar-refractivity contribution >= 4 is 27.6 Å². The van der Waals surface area contributed by atoms with Crippen LogP contribution in [0.1, 0.15) is 23.7 Å². The van der Waals surface area contributed by atoms with Crippen molar-refractivity contribution in [1.82, 2.24) is 4.98 Å². The summed E-state index contributed by atoms with van der Waals surface area (Å²) < 4.78 is 10.9. The maximum Gasteiger partial charge on any atom is 0.308 e. The van der Waals surface area contributed by atoms with Crippen molar-refractivity contribution in [3.05, 3.63) is 71.4 Å². The van der Waals surface area contributed by atoms with Crippen molar-refractivity contribution in [1.29, 1.82) is 0 Å². The second-order valence-corrected chi connectivity index (χ2v) is 6.67. The molecule has 136 valence electrons. The minimum atomic E-state index is -0.320. The van der Waals surface area contributed by atoms with E-state index < -0.39 is 0 Å². The molecule has 0 saturated heterocycles. The number of esters is 1. The van der Waals surface area contributed by atoms with Gasteiger partial charge in [0.25, 0.3) is 0 Å². The number of ether oxygens (including phenoxy) is 2. The number of carbonyl (C=O) groups is 1. The van der Waals surface area contributed by atoms with Gasteiger partial charge in [-0.05, 0) is 47.5 Å². The minimum Gasteiger partial charge on any atom is -0.497 e. The summed E-state index contributed by atoms with van der Waals surface area (Å²) in [6, 6.07) is 18.0. The Morgan fingerprint density at radius 1 is 1.00 bits per heavy atom. The summed E-state index contributed by atoms with van der Waals surface area (Å²) in [4.78, 5) is 15.1. The highest BCUT2D eigenvalue weighted by Gasteiger charge is 2.16. The number of benzene rings is 3. The first-order valence-electron chi connectivity index (χ1n) is 8.91. The van der Waals surface area contributed by atoms with E-state index >= 15 is 0 Å². The van der Waals surface area contributed by atoms with E-state index in [9.17, 15) is 4.79 Å². The summed E-state index contributed by atoms with van der Waals surface area (Å²) in [5.74, 6) is 1.08. The average molecular weight is 359 g/mol. The molecular weight excluding hydrogens is 338 g/mol. The van der Waals surface area contributed by atoms with Crippen molar-refractivity contribution < 1.29 is 14.3 Å². The zero-order valence-corrected chi connectivity index (χ0v) is 15.6. The Kier molecular flexibility index (Phi) is 4.32. The number of aryl methyl sites for hydroxylation is 1. The van der Waals surface area contributed by atoms with Crippen molar-refractivity contribution in [3.63, 3.8) is 0 Å². The van der Waals surface area contributed by atoms with E-state index in [1.807, 2.05) is 42.5 Å². The van der Waals surface area contributed by atoms with Gasteiger partial charge in [0.1, 0.15) is 11.5 Å². The molecule has 0 spiro atoms. The lowest BCUT2D eigenvalue weighted by Crippen LogP contribution is -2.05. The van der Waals surface area contributed by atoms with Crippen LogP contribution in [0.25, 0.3) is 21.7 Å². The lowest BCUT2D eigenvalue weighted by atomic mass is 9.95. The Balaban J connectivity index is 1.92. The molecule has 4 nitrogen and oxygen atoms in total. The molecule has 0 atom stereocenters. The molecule has 0 radical (unpaired) electrons. The van der Waals surface area contributed by atoms with Crippen molar-refractivity contribution in [2.75, 3.05) is 7.11 Å². The summed E-state index contributed by atoms with van der Waals surface area (Å²) >= 11 is 0. The third kappa shape index (κ3) is 3.14. The van der Waals surface area contributed by atoms with Crippen LogP contribution >= 0.6 is 0 Å². The number of methoxy groups -OCH3 is 1. The molecule has 4 heteroatoms. The summed E-state index contributed by atoms with van der Waals surface area (Å²) in [7, 11) is 1.66. The van der Waals surface area contributed by atoms with Gasteiger partial charge in [0.05, 0.1) is 7.11 Å². The van der Waals surface area contributed by atoms with Crippen LogP contribution in [0.2, 0.25) is 0 Å². The third-order valence-electron chi connectivity index (χ3n) is 4.93. The Morgan fingerprint density at radius 2 is 1.81 bits per heavy atom. The highest BCUT2D eigenvalue weighted by atomic mass is 16.5. The fourth-order valence-electron chi connectivity index (χ4n) is 3.65. The molecule has 1 aromatic heterocycles. The van der Waals surface area contributed by atoms with Gasteiger partial charge in [-0.3, -0.25) is 4.79 Å². The number of nitrogens with one attached hydrogen (secondary N) is 1. The quantitative estimate of drug-likeness (QED) is 0.405. The highest BCUT2D eigenvalue weighted by molar-refractivity contribution is 5.91. The number of H-pyrrole nitrogens is 1. The van der Waals surface area contributed by atoms with Gasteiger partial charge in [0.15, 0.2) is 0 Å². The largest absolute Gasteiger partial charge is 0.497 e. The molecule has 0 amide bonds. The SMILES string of the molecule is COc1ccc2c(Cc3c(C)[nH]c4ccccc34)c(OC(C)=O)ccc2c1. The van der Waals surface area contributed by atoms with Gasteiger partial charge in [-0.2, -0.15) is 0 Å². The number of carbonyl (C=O) groups excluding carboxylic acids is 1. The lowest BCUT2D eigenvalue weighted by molar-refractivity contribution is -0.131. The maximum atomic E-state index is 11.6. The molecule has 1 heterocycles. The molecule has 4 rings (SSSR count). The second kappa shape index (κ2) is 6.80. The number of aromatic amines is 1. The van der Waals surface area contributed by atoms with Gasteiger partial charge in [-0.15, -0.1) is 0 Å². The molecule has 3 aromatic carbocycles. The van der Waals surface area contributed by atoms with Crippen LogP contribution in [0.4, 0.5) is 0 Å². The molecule has 0 bridgehead atoms. The number of hydrogen-bond acceptors (Lipinski definition) is 3. The van der Waals surface area contributed by atoms with E-state index in [1.54, 1.807) is 7.11 Å². The molecule has 0 aliphatic heterocycles. The van der Waals surface area contributed by atoms with E-state index in [0.29, 0.717) is 12.2 Å². The van der Waals surface area contributed by atoms with Crippen LogP contribution in [-0.4, -0.2) is 18.1 Å². The van der Waals surface area contributed by atoms with Gasteiger partial charge in [0, 0.05) is 35.5 Å². The molecule has 0 aliphatic rings. The van der Waals surface area contributed by atoms with Crippen molar-refractivity contribution in [3.8, 4) is 11.5 Å². The topological polar surface area (TPSA) is 51.3 Å². The fourth-order valence-corrected chi connectivity index (χ4v) is 3.65. The zero-order valence-electron chi connectivity index (χ0n) is 15.6. The molecular formula is C23H21NO3. The van der Waals surface area contributed by atoms with Crippen molar-refractivity contribution in [2.24, 2.45) is 0 Å². The summed E-state index contributed by atoms with van der Waals surface area (Å²) in [5.41, 5.74) is 4.44. The molecule has 0 aliphatic carbocycles. The van der Waals surface area contributed by atoms with Crippen molar-refractivity contribution in [2.45, 2.75) is 20.3 Å². The predicted molar refractivity (Wildman–Crippen MR) is 108 cm³/mol. The summed E-state index contributed by atoms with van der Waals surface area (Å²) in [6.45, 7) is 3.51. The maximum absolute atomic E-state index is 11.6. The molecule has 0 fully saturated rings. The monoisotopic (exact) mass is 359 g/mol. The Bertz CT molecular complexity index is 1160. The Labute approximate surface area is 157 Å².